The molecule has 0 aromatic heterocycles. The largest absolute Gasteiger partial charge is 0.422 e. The van der Waals surface area contributed by atoms with E-state index in [4.69, 9.17) is 9.47 Å². The summed E-state index contributed by atoms with van der Waals surface area (Å²) >= 11 is 1.32. The number of esters is 2. The molecule has 2 aromatic rings. The zero-order valence-electron chi connectivity index (χ0n) is 12.2. The first-order valence-corrected chi connectivity index (χ1v) is 7.50. The van der Waals surface area contributed by atoms with Crippen molar-refractivity contribution >= 4 is 23.7 Å². The zero-order valence-corrected chi connectivity index (χ0v) is 13.0. The number of carbonyl (C=O) groups excluding carboxylic acids is 2. The van der Waals surface area contributed by atoms with Gasteiger partial charge in [0.25, 0.3) is 0 Å². The highest BCUT2D eigenvalue weighted by Crippen LogP contribution is 2.39. The molecule has 0 amide bonds. The fraction of sp³-hybridized carbons (Fsp3) is 0. The third kappa shape index (κ3) is 4.59. The maximum absolute atomic E-state index is 11.4. The first-order valence-electron chi connectivity index (χ1n) is 6.68. The first-order chi connectivity index (χ1) is 11.1. The topological polar surface area (TPSA) is 52.6 Å². The second-order valence-electron chi connectivity index (χ2n) is 4.25. The van der Waals surface area contributed by atoms with E-state index in [1.165, 1.54) is 11.8 Å². The van der Waals surface area contributed by atoms with Crippen LogP contribution in [0.2, 0.25) is 0 Å². The molecule has 0 aliphatic rings. The molecule has 23 heavy (non-hydrogen) atoms. The van der Waals surface area contributed by atoms with Gasteiger partial charge in [-0.1, -0.05) is 49.2 Å². The minimum Gasteiger partial charge on any atom is -0.422 e. The normalized spacial score (nSPS) is 9.74. The maximum atomic E-state index is 11.4. The SMILES string of the molecule is C=CC(=O)Oc1ccccc1Sc1ccccc1OC(=O)C=C. The average Bonchev–Trinajstić information content (AvgIpc) is 2.58. The van der Waals surface area contributed by atoms with E-state index in [1.54, 1.807) is 24.3 Å². The van der Waals surface area contributed by atoms with Gasteiger partial charge in [-0.05, 0) is 24.3 Å². The van der Waals surface area contributed by atoms with Crippen LogP contribution in [0.4, 0.5) is 0 Å². The van der Waals surface area contributed by atoms with Gasteiger partial charge in [-0.15, -0.1) is 0 Å². The van der Waals surface area contributed by atoms with Gasteiger partial charge in [-0.2, -0.15) is 0 Å². The van der Waals surface area contributed by atoms with E-state index in [0.29, 0.717) is 21.3 Å². The number of carbonyl (C=O) groups is 2. The minimum atomic E-state index is -0.538. The second-order valence-corrected chi connectivity index (χ2v) is 5.33. The van der Waals surface area contributed by atoms with Crippen LogP contribution in [-0.2, 0) is 9.59 Å². The first kappa shape index (κ1) is 16.6. The molecule has 0 N–H and O–H groups in total. The van der Waals surface area contributed by atoms with Crippen molar-refractivity contribution in [3.8, 4) is 11.5 Å². The summed E-state index contributed by atoms with van der Waals surface area (Å²) in [4.78, 5) is 24.2. The van der Waals surface area contributed by atoms with Crippen molar-refractivity contribution < 1.29 is 19.1 Å². The minimum absolute atomic E-state index is 0.409. The van der Waals surface area contributed by atoms with Gasteiger partial charge >= 0.3 is 11.9 Å². The van der Waals surface area contributed by atoms with E-state index in [0.717, 1.165) is 12.2 Å². The van der Waals surface area contributed by atoms with E-state index < -0.39 is 11.9 Å². The molecule has 0 unspecified atom stereocenters. The van der Waals surface area contributed by atoms with Crippen molar-refractivity contribution in [2.45, 2.75) is 9.79 Å². The third-order valence-electron chi connectivity index (χ3n) is 2.67. The number of hydrogen-bond donors (Lipinski definition) is 0. The molecule has 0 saturated carbocycles. The van der Waals surface area contributed by atoms with Crippen molar-refractivity contribution in [3.05, 3.63) is 73.8 Å². The van der Waals surface area contributed by atoms with E-state index in [1.807, 2.05) is 24.3 Å². The van der Waals surface area contributed by atoms with E-state index in [2.05, 4.69) is 13.2 Å². The molecule has 2 aromatic carbocycles. The monoisotopic (exact) mass is 326 g/mol. The fourth-order valence-electron chi connectivity index (χ4n) is 1.66. The van der Waals surface area contributed by atoms with Gasteiger partial charge in [-0.25, -0.2) is 9.59 Å². The lowest BCUT2D eigenvalue weighted by molar-refractivity contribution is -0.130. The van der Waals surface area contributed by atoms with Gasteiger partial charge < -0.3 is 9.47 Å². The molecule has 2 rings (SSSR count). The molecule has 5 heteroatoms. The predicted octanol–water partition coefficient (Wildman–Crippen LogP) is 4.02. The number of benzene rings is 2. The average molecular weight is 326 g/mol. The van der Waals surface area contributed by atoms with Crippen molar-refractivity contribution in [2.75, 3.05) is 0 Å². The molecule has 0 radical (unpaired) electrons. The van der Waals surface area contributed by atoms with Crippen LogP contribution in [0, 0.1) is 0 Å². The summed E-state index contributed by atoms with van der Waals surface area (Å²) in [5.41, 5.74) is 0. The number of ether oxygens (including phenoxy) is 2. The van der Waals surface area contributed by atoms with Gasteiger partial charge in [0.15, 0.2) is 0 Å². The highest BCUT2D eigenvalue weighted by atomic mass is 32.2. The Labute approximate surface area is 138 Å². The van der Waals surface area contributed by atoms with E-state index in [9.17, 15) is 9.59 Å². The zero-order chi connectivity index (χ0) is 16.7. The number of para-hydroxylation sites is 2. The molecule has 4 nitrogen and oxygen atoms in total. The Morgan fingerprint density at radius 2 is 1.17 bits per heavy atom. The Balaban J connectivity index is 2.29. The molecule has 0 fully saturated rings. The third-order valence-corrected chi connectivity index (χ3v) is 3.79. The van der Waals surface area contributed by atoms with Gasteiger partial charge in [0.1, 0.15) is 11.5 Å². The van der Waals surface area contributed by atoms with Crippen LogP contribution in [0.5, 0.6) is 11.5 Å². The molecule has 116 valence electrons. The Morgan fingerprint density at radius 1 is 0.783 bits per heavy atom. The summed E-state index contributed by atoms with van der Waals surface area (Å²) in [6.45, 7) is 6.76. The molecule has 0 aliphatic heterocycles. The highest BCUT2D eigenvalue weighted by Gasteiger charge is 2.12. The van der Waals surface area contributed by atoms with Crippen LogP contribution in [0.25, 0.3) is 0 Å². The molecule has 0 saturated heterocycles. The summed E-state index contributed by atoms with van der Waals surface area (Å²) in [5.74, 6) is -0.256. The quantitative estimate of drug-likeness (QED) is 0.456. The van der Waals surface area contributed by atoms with Gasteiger partial charge in [0.05, 0.1) is 9.79 Å². The summed E-state index contributed by atoms with van der Waals surface area (Å²) in [7, 11) is 0. The molecule has 0 bridgehead atoms. The van der Waals surface area contributed by atoms with E-state index >= 15 is 0 Å². The van der Waals surface area contributed by atoms with Crippen LogP contribution in [0.15, 0.2) is 83.6 Å². The van der Waals surface area contributed by atoms with Gasteiger partial charge in [-0.3, -0.25) is 0 Å². The molecule has 0 aliphatic carbocycles. The highest BCUT2D eigenvalue weighted by molar-refractivity contribution is 7.99. The van der Waals surface area contributed by atoms with Gasteiger partial charge in [0.2, 0.25) is 0 Å². The fourth-order valence-corrected chi connectivity index (χ4v) is 2.61. The van der Waals surface area contributed by atoms with E-state index in [-0.39, 0.29) is 0 Å². The lowest BCUT2D eigenvalue weighted by Gasteiger charge is -2.11. The summed E-state index contributed by atoms with van der Waals surface area (Å²) < 4.78 is 10.4. The lowest BCUT2D eigenvalue weighted by atomic mass is 10.3. The Kier molecular flexibility index (Phi) is 5.77. The Hall–Kier alpha value is -2.79. The summed E-state index contributed by atoms with van der Waals surface area (Å²) in [6, 6.07) is 14.2. The van der Waals surface area contributed by atoms with Crippen LogP contribution in [0.3, 0.4) is 0 Å². The Bertz CT molecular complexity index is 689. The smallest absolute Gasteiger partial charge is 0.335 e. The maximum Gasteiger partial charge on any atom is 0.335 e. The van der Waals surface area contributed by atoms with Crippen molar-refractivity contribution in [1.29, 1.82) is 0 Å². The van der Waals surface area contributed by atoms with Crippen molar-refractivity contribution in [2.24, 2.45) is 0 Å². The predicted molar refractivity (Wildman–Crippen MR) is 88.7 cm³/mol. The van der Waals surface area contributed by atoms with Gasteiger partial charge in [0, 0.05) is 12.2 Å². The summed E-state index contributed by atoms with van der Waals surface area (Å²) in [5, 5.41) is 0. The van der Waals surface area contributed by atoms with Crippen molar-refractivity contribution in [3.63, 3.8) is 0 Å². The molecule has 0 spiro atoms. The van der Waals surface area contributed by atoms with Crippen LogP contribution in [0.1, 0.15) is 0 Å². The van der Waals surface area contributed by atoms with Crippen LogP contribution >= 0.6 is 11.8 Å². The number of hydrogen-bond acceptors (Lipinski definition) is 5. The van der Waals surface area contributed by atoms with Crippen LogP contribution < -0.4 is 9.47 Å². The lowest BCUT2D eigenvalue weighted by Crippen LogP contribution is -2.05. The molecular formula is C18H14O4S. The standard InChI is InChI=1S/C18H14O4S/c1-3-17(19)21-13-9-5-7-11-15(13)23-16-12-8-6-10-14(16)22-18(20)4-2/h3-12H,1-2H2. The Morgan fingerprint density at radius 3 is 1.57 bits per heavy atom. The number of rotatable bonds is 6. The molecule has 0 atom stereocenters. The molecule has 0 heterocycles. The molecular weight excluding hydrogens is 312 g/mol. The van der Waals surface area contributed by atoms with Crippen LogP contribution in [-0.4, -0.2) is 11.9 Å². The summed E-state index contributed by atoms with van der Waals surface area (Å²) in [6.07, 6.45) is 2.20. The van der Waals surface area contributed by atoms with Crippen molar-refractivity contribution in [1.82, 2.24) is 0 Å². The second kappa shape index (κ2) is 8.00.